The van der Waals surface area contributed by atoms with E-state index in [1.165, 1.54) is 0 Å². The highest BCUT2D eigenvalue weighted by atomic mass is 127. The standard InChI is InChI=1S/C18H27F3N4O.HI/c1-22-17(23-10-4-3-9-18(19,20)21)25-13-11-24(12-14-25)15-5-7-16(26-2)8-6-15;/h5-8H,3-4,9-14H2,1-2H3,(H,22,23);1H. The summed E-state index contributed by atoms with van der Waals surface area (Å²) in [5.74, 6) is 1.59. The number of alkyl halides is 3. The van der Waals surface area contributed by atoms with E-state index in [0.29, 0.717) is 13.0 Å². The van der Waals surface area contributed by atoms with Crippen molar-refractivity contribution >= 4 is 35.6 Å². The third kappa shape index (κ3) is 8.02. The number of unbranched alkanes of at least 4 members (excludes halogenated alkanes) is 1. The number of ether oxygens (including phenoxy) is 1. The van der Waals surface area contributed by atoms with Crippen LogP contribution in [0.1, 0.15) is 19.3 Å². The number of anilines is 1. The molecule has 1 aromatic carbocycles. The molecule has 1 fully saturated rings. The second-order valence-corrected chi connectivity index (χ2v) is 6.22. The van der Waals surface area contributed by atoms with Crippen LogP contribution in [0.4, 0.5) is 18.9 Å². The maximum absolute atomic E-state index is 12.2. The van der Waals surface area contributed by atoms with Crippen molar-refractivity contribution in [3.8, 4) is 5.75 Å². The van der Waals surface area contributed by atoms with E-state index in [9.17, 15) is 13.2 Å². The molecule has 1 N–H and O–H groups in total. The number of hydrogen-bond donors (Lipinski definition) is 1. The van der Waals surface area contributed by atoms with Gasteiger partial charge in [-0.2, -0.15) is 13.2 Å². The molecule has 9 heteroatoms. The third-order valence-corrected chi connectivity index (χ3v) is 4.40. The first-order valence-electron chi connectivity index (χ1n) is 8.84. The molecule has 1 saturated heterocycles. The van der Waals surface area contributed by atoms with Crippen LogP contribution in [0.2, 0.25) is 0 Å². The Kier molecular flexibility index (Phi) is 10.0. The van der Waals surface area contributed by atoms with E-state index in [4.69, 9.17) is 4.74 Å². The lowest BCUT2D eigenvalue weighted by molar-refractivity contribution is -0.135. The molecule has 1 aromatic rings. The number of aliphatic imine (C=N–C) groups is 1. The first-order valence-corrected chi connectivity index (χ1v) is 8.84. The Morgan fingerprint density at radius 3 is 2.26 bits per heavy atom. The lowest BCUT2D eigenvalue weighted by Gasteiger charge is -2.37. The minimum absolute atomic E-state index is 0. The molecule has 0 unspecified atom stereocenters. The van der Waals surface area contributed by atoms with Gasteiger partial charge in [-0.1, -0.05) is 0 Å². The Labute approximate surface area is 176 Å². The third-order valence-electron chi connectivity index (χ3n) is 4.40. The number of benzene rings is 1. The second-order valence-electron chi connectivity index (χ2n) is 6.22. The van der Waals surface area contributed by atoms with E-state index in [1.54, 1.807) is 14.2 Å². The number of methoxy groups -OCH3 is 1. The molecule has 0 bridgehead atoms. The van der Waals surface area contributed by atoms with Crippen molar-refractivity contribution in [2.24, 2.45) is 4.99 Å². The van der Waals surface area contributed by atoms with Gasteiger partial charge in [0, 0.05) is 51.9 Å². The molecular formula is C18H28F3IN4O. The largest absolute Gasteiger partial charge is 0.497 e. The molecule has 27 heavy (non-hydrogen) atoms. The summed E-state index contributed by atoms with van der Waals surface area (Å²) in [6, 6.07) is 7.98. The fraction of sp³-hybridized carbons (Fsp3) is 0.611. The minimum atomic E-state index is -4.07. The molecule has 0 spiro atoms. The molecule has 5 nitrogen and oxygen atoms in total. The summed E-state index contributed by atoms with van der Waals surface area (Å²) in [7, 11) is 3.35. The topological polar surface area (TPSA) is 40.1 Å². The van der Waals surface area contributed by atoms with E-state index in [-0.39, 0.29) is 30.4 Å². The monoisotopic (exact) mass is 500 g/mol. The molecule has 0 radical (unpaired) electrons. The zero-order valence-corrected chi connectivity index (χ0v) is 18.1. The van der Waals surface area contributed by atoms with Gasteiger partial charge in [-0.25, -0.2) is 0 Å². The lowest BCUT2D eigenvalue weighted by Crippen LogP contribution is -2.52. The molecule has 0 atom stereocenters. The van der Waals surface area contributed by atoms with Crippen LogP contribution in [-0.2, 0) is 0 Å². The summed E-state index contributed by atoms with van der Waals surface area (Å²) < 4.78 is 41.6. The number of nitrogens with one attached hydrogen (secondary N) is 1. The van der Waals surface area contributed by atoms with E-state index < -0.39 is 12.6 Å². The number of halogens is 4. The van der Waals surface area contributed by atoms with E-state index in [0.717, 1.165) is 43.6 Å². The molecular weight excluding hydrogens is 472 g/mol. The van der Waals surface area contributed by atoms with Crippen molar-refractivity contribution in [2.45, 2.75) is 25.4 Å². The average Bonchev–Trinajstić information content (AvgIpc) is 2.64. The molecule has 2 rings (SSSR count). The summed E-state index contributed by atoms with van der Waals surface area (Å²) in [6.07, 6.45) is -4.18. The normalized spacial score (nSPS) is 15.4. The van der Waals surface area contributed by atoms with Crippen LogP contribution in [-0.4, -0.2) is 63.9 Å². The Balaban J connectivity index is 0.00000364. The maximum Gasteiger partial charge on any atom is 0.389 e. The number of guanidine groups is 1. The van der Waals surface area contributed by atoms with E-state index in [1.807, 2.05) is 24.3 Å². The van der Waals surface area contributed by atoms with Crippen molar-refractivity contribution in [1.29, 1.82) is 0 Å². The van der Waals surface area contributed by atoms with Gasteiger partial charge in [-0.05, 0) is 37.1 Å². The van der Waals surface area contributed by atoms with Gasteiger partial charge in [0.1, 0.15) is 5.75 Å². The highest BCUT2D eigenvalue weighted by molar-refractivity contribution is 14.0. The van der Waals surface area contributed by atoms with Crippen molar-refractivity contribution < 1.29 is 17.9 Å². The molecule has 1 heterocycles. The fourth-order valence-electron chi connectivity index (χ4n) is 2.95. The average molecular weight is 500 g/mol. The summed E-state index contributed by atoms with van der Waals surface area (Å²) in [5.41, 5.74) is 1.15. The first-order chi connectivity index (χ1) is 12.4. The van der Waals surface area contributed by atoms with Gasteiger partial charge < -0.3 is 19.9 Å². The molecule has 0 amide bonds. The van der Waals surface area contributed by atoms with Crippen LogP contribution in [0.3, 0.4) is 0 Å². The van der Waals surface area contributed by atoms with Crippen molar-refractivity contribution in [2.75, 3.05) is 51.8 Å². The van der Waals surface area contributed by atoms with Gasteiger partial charge >= 0.3 is 6.18 Å². The summed E-state index contributed by atoms with van der Waals surface area (Å²) >= 11 is 0. The lowest BCUT2D eigenvalue weighted by atomic mass is 10.2. The quantitative estimate of drug-likeness (QED) is 0.280. The Morgan fingerprint density at radius 2 is 1.74 bits per heavy atom. The van der Waals surface area contributed by atoms with Gasteiger partial charge in [0.05, 0.1) is 7.11 Å². The van der Waals surface area contributed by atoms with E-state index in [2.05, 4.69) is 20.1 Å². The Hall–Kier alpha value is -1.39. The Morgan fingerprint density at radius 1 is 1.11 bits per heavy atom. The van der Waals surface area contributed by atoms with Crippen LogP contribution in [0.25, 0.3) is 0 Å². The molecule has 0 aromatic heterocycles. The Bertz CT molecular complexity index is 573. The van der Waals surface area contributed by atoms with Crippen LogP contribution >= 0.6 is 24.0 Å². The van der Waals surface area contributed by atoms with Crippen molar-refractivity contribution in [3.63, 3.8) is 0 Å². The van der Waals surface area contributed by atoms with Gasteiger partial charge in [0.15, 0.2) is 5.96 Å². The summed E-state index contributed by atoms with van der Waals surface area (Å²) in [4.78, 5) is 8.69. The van der Waals surface area contributed by atoms with Gasteiger partial charge in [0.2, 0.25) is 0 Å². The molecule has 0 aliphatic carbocycles. The van der Waals surface area contributed by atoms with Crippen LogP contribution in [0, 0.1) is 0 Å². The number of rotatable bonds is 6. The first kappa shape index (κ1) is 23.6. The highest BCUT2D eigenvalue weighted by Crippen LogP contribution is 2.22. The van der Waals surface area contributed by atoms with Crippen LogP contribution < -0.4 is 15.0 Å². The van der Waals surface area contributed by atoms with Crippen LogP contribution in [0.5, 0.6) is 5.75 Å². The predicted molar refractivity (Wildman–Crippen MR) is 113 cm³/mol. The smallest absolute Gasteiger partial charge is 0.389 e. The molecule has 154 valence electrons. The molecule has 1 aliphatic heterocycles. The maximum atomic E-state index is 12.2. The van der Waals surface area contributed by atoms with Crippen molar-refractivity contribution in [1.82, 2.24) is 10.2 Å². The number of nitrogens with zero attached hydrogens (tertiary/aromatic N) is 3. The zero-order valence-electron chi connectivity index (χ0n) is 15.8. The predicted octanol–water partition coefficient (Wildman–Crippen LogP) is 3.74. The molecule has 0 saturated carbocycles. The number of piperazine rings is 1. The van der Waals surface area contributed by atoms with Gasteiger partial charge in [-0.3, -0.25) is 4.99 Å². The van der Waals surface area contributed by atoms with E-state index >= 15 is 0 Å². The summed E-state index contributed by atoms with van der Waals surface area (Å²) in [6.45, 7) is 3.85. The number of hydrogen-bond acceptors (Lipinski definition) is 3. The second kappa shape index (κ2) is 11.5. The highest BCUT2D eigenvalue weighted by Gasteiger charge is 2.26. The SMILES string of the molecule is CN=C(NCCCCC(F)(F)F)N1CCN(c2ccc(OC)cc2)CC1.I. The van der Waals surface area contributed by atoms with Crippen LogP contribution in [0.15, 0.2) is 29.3 Å². The fourth-order valence-corrected chi connectivity index (χ4v) is 2.95. The summed E-state index contributed by atoms with van der Waals surface area (Å²) in [5, 5.41) is 3.17. The van der Waals surface area contributed by atoms with Gasteiger partial charge in [-0.15, -0.1) is 24.0 Å². The van der Waals surface area contributed by atoms with Crippen molar-refractivity contribution in [3.05, 3.63) is 24.3 Å². The van der Waals surface area contributed by atoms with Gasteiger partial charge in [0.25, 0.3) is 0 Å². The molecule has 1 aliphatic rings. The minimum Gasteiger partial charge on any atom is -0.497 e. The zero-order chi connectivity index (χ0) is 19.0.